The average Bonchev–Trinajstić information content (AvgIpc) is 2.06. The van der Waals surface area contributed by atoms with Crippen LogP contribution in [0.2, 0.25) is 0 Å². The first-order valence-electron chi connectivity index (χ1n) is 3.27. The molecular weight excluding hydrogens is 162 g/mol. The molecule has 6 nitrogen and oxygen atoms in total. The molecule has 0 saturated carbocycles. The molecule has 0 bridgehead atoms. The lowest BCUT2D eigenvalue weighted by atomic mass is 10.6. The SMILES string of the molecule is COc1c[nH]c(=O)n(CN)c1=O. The number of aromatic nitrogens is 2. The number of nitrogens with one attached hydrogen (secondary N) is 1. The summed E-state index contributed by atoms with van der Waals surface area (Å²) in [4.78, 5) is 24.4. The smallest absolute Gasteiger partial charge is 0.329 e. The predicted octanol–water partition coefficient (Wildman–Crippen LogP) is -1.54. The Hall–Kier alpha value is -1.56. The standard InChI is InChI=1S/C6H9N3O3/c1-12-4-2-8-6(11)9(3-7)5(4)10/h2H,3,7H2,1H3,(H,8,11). The van der Waals surface area contributed by atoms with Gasteiger partial charge in [-0.15, -0.1) is 0 Å². The van der Waals surface area contributed by atoms with E-state index in [0.717, 1.165) is 4.57 Å². The van der Waals surface area contributed by atoms with E-state index in [2.05, 4.69) is 9.72 Å². The molecule has 0 spiro atoms. The van der Waals surface area contributed by atoms with Crippen LogP contribution in [0.1, 0.15) is 0 Å². The highest BCUT2D eigenvalue weighted by Gasteiger charge is 2.04. The van der Waals surface area contributed by atoms with Gasteiger partial charge >= 0.3 is 5.69 Å². The summed E-state index contributed by atoms with van der Waals surface area (Å²) in [5.74, 6) is 0.0695. The van der Waals surface area contributed by atoms with Gasteiger partial charge in [0.05, 0.1) is 20.0 Å². The van der Waals surface area contributed by atoms with Crippen molar-refractivity contribution in [1.29, 1.82) is 0 Å². The number of ether oxygens (including phenoxy) is 1. The van der Waals surface area contributed by atoms with Gasteiger partial charge in [0.2, 0.25) is 5.75 Å². The molecule has 0 fully saturated rings. The van der Waals surface area contributed by atoms with Gasteiger partial charge in [-0.2, -0.15) is 0 Å². The lowest BCUT2D eigenvalue weighted by Crippen LogP contribution is -2.37. The van der Waals surface area contributed by atoms with Gasteiger partial charge in [0, 0.05) is 0 Å². The van der Waals surface area contributed by atoms with Crippen LogP contribution in [-0.2, 0) is 6.67 Å². The molecular formula is C6H9N3O3. The van der Waals surface area contributed by atoms with Gasteiger partial charge in [-0.05, 0) is 0 Å². The molecule has 1 aromatic rings. The maximum Gasteiger partial charge on any atom is 0.329 e. The van der Waals surface area contributed by atoms with Crippen molar-refractivity contribution in [2.24, 2.45) is 5.73 Å². The highest BCUT2D eigenvalue weighted by molar-refractivity contribution is 5.11. The fourth-order valence-electron chi connectivity index (χ4n) is 0.804. The number of nitrogens with zero attached hydrogens (tertiary/aromatic N) is 1. The van der Waals surface area contributed by atoms with Crippen molar-refractivity contribution < 1.29 is 4.74 Å². The number of hydrogen-bond acceptors (Lipinski definition) is 4. The van der Waals surface area contributed by atoms with Crippen LogP contribution in [0.15, 0.2) is 15.8 Å². The summed E-state index contributed by atoms with van der Waals surface area (Å²) < 4.78 is 5.53. The second-order valence-electron chi connectivity index (χ2n) is 2.08. The van der Waals surface area contributed by atoms with Crippen LogP contribution in [0.4, 0.5) is 0 Å². The summed E-state index contributed by atoms with van der Waals surface area (Å²) in [7, 11) is 1.34. The lowest BCUT2D eigenvalue weighted by molar-refractivity contribution is 0.397. The third-order valence-electron chi connectivity index (χ3n) is 1.43. The zero-order valence-electron chi connectivity index (χ0n) is 6.53. The number of H-pyrrole nitrogens is 1. The van der Waals surface area contributed by atoms with E-state index in [9.17, 15) is 9.59 Å². The van der Waals surface area contributed by atoms with Gasteiger partial charge in [0.1, 0.15) is 0 Å². The van der Waals surface area contributed by atoms with Crippen LogP contribution in [0, 0.1) is 0 Å². The third-order valence-corrected chi connectivity index (χ3v) is 1.43. The van der Waals surface area contributed by atoms with Crippen molar-refractivity contribution in [2.45, 2.75) is 6.67 Å². The molecule has 66 valence electrons. The molecule has 1 rings (SSSR count). The predicted molar refractivity (Wildman–Crippen MR) is 42.1 cm³/mol. The molecule has 0 atom stereocenters. The Morgan fingerprint density at radius 2 is 2.33 bits per heavy atom. The van der Waals surface area contributed by atoms with Crippen LogP contribution < -0.4 is 21.7 Å². The van der Waals surface area contributed by atoms with E-state index in [1.54, 1.807) is 0 Å². The molecule has 0 unspecified atom stereocenters. The summed E-state index contributed by atoms with van der Waals surface area (Å²) in [6, 6.07) is 0. The number of methoxy groups -OCH3 is 1. The molecule has 0 aliphatic carbocycles. The topological polar surface area (TPSA) is 90.1 Å². The largest absolute Gasteiger partial charge is 0.490 e. The minimum Gasteiger partial charge on any atom is -0.490 e. The van der Waals surface area contributed by atoms with Crippen LogP contribution >= 0.6 is 0 Å². The van der Waals surface area contributed by atoms with Crippen LogP contribution in [0.5, 0.6) is 5.75 Å². The van der Waals surface area contributed by atoms with E-state index in [1.807, 2.05) is 0 Å². The Morgan fingerprint density at radius 1 is 1.67 bits per heavy atom. The Balaban J connectivity index is 3.45. The molecule has 0 saturated heterocycles. The molecule has 1 heterocycles. The fourth-order valence-corrected chi connectivity index (χ4v) is 0.804. The number of nitrogens with two attached hydrogens (primary N) is 1. The molecule has 0 aliphatic rings. The zero-order valence-corrected chi connectivity index (χ0v) is 6.53. The molecule has 0 amide bonds. The molecule has 0 radical (unpaired) electrons. The highest BCUT2D eigenvalue weighted by Crippen LogP contribution is 1.93. The first-order valence-corrected chi connectivity index (χ1v) is 3.27. The van der Waals surface area contributed by atoms with E-state index in [-0.39, 0.29) is 12.4 Å². The number of rotatable bonds is 2. The van der Waals surface area contributed by atoms with Crippen LogP contribution in [0.3, 0.4) is 0 Å². The first kappa shape index (κ1) is 8.54. The van der Waals surface area contributed by atoms with Crippen molar-refractivity contribution in [3.05, 3.63) is 27.0 Å². The monoisotopic (exact) mass is 171 g/mol. The van der Waals surface area contributed by atoms with E-state index < -0.39 is 11.2 Å². The van der Waals surface area contributed by atoms with Gasteiger partial charge in [0.25, 0.3) is 5.56 Å². The number of hydrogen-bond donors (Lipinski definition) is 2. The maximum atomic E-state index is 11.2. The first-order chi connectivity index (χ1) is 5.70. The maximum absolute atomic E-state index is 11.2. The molecule has 12 heavy (non-hydrogen) atoms. The molecule has 0 aliphatic heterocycles. The van der Waals surface area contributed by atoms with Gasteiger partial charge < -0.3 is 15.5 Å². The second-order valence-corrected chi connectivity index (χ2v) is 2.08. The molecule has 6 heteroatoms. The van der Waals surface area contributed by atoms with Crippen molar-refractivity contribution >= 4 is 0 Å². The van der Waals surface area contributed by atoms with Gasteiger partial charge in [0.15, 0.2) is 0 Å². The summed E-state index contributed by atoms with van der Waals surface area (Å²) in [5.41, 5.74) is 4.10. The summed E-state index contributed by atoms with van der Waals surface area (Å²) >= 11 is 0. The highest BCUT2D eigenvalue weighted by atomic mass is 16.5. The third kappa shape index (κ3) is 1.24. The molecule has 3 N–H and O–H groups in total. The quantitative estimate of drug-likeness (QED) is 0.564. The van der Waals surface area contributed by atoms with E-state index in [4.69, 9.17) is 5.73 Å². The van der Waals surface area contributed by atoms with Crippen molar-refractivity contribution in [3.63, 3.8) is 0 Å². The Kier molecular flexibility index (Phi) is 2.29. The van der Waals surface area contributed by atoms with Crippen molar-refractivity contribution in [3.8, 4) is 5.75 Å². The molecule has 0 aromatic carbocycles. The molecule has 1 aromatic heterocycles. The minimum atomic E-state index is -0.539. The van der Waals surface area contributed by atoms with Crippen molar-refractivity contribution in [2.75, 3.05) is 7.11 Å². The summed E-state index contributed by atoms with van der Waals surface area (Å²) in [6.07, 6.45) is 1.21. The van der Waals surface area contributed by atoms with Gasteiger partial charge in [-0.25, -0.2) is 9.36 Å². The number of aromatic amines is 1. The average molecular weight is 171 g/mol. The van der Waals surface area contributed by atoms with Gasteiger partial charge in [-0.3, -0.25) is 4.79 Å². The fraction of sp³-hybridized carbons (Fsp3) is 0.333. The Morgan fingerprint density at radius 3 is 2.83 bits per heavy atom. The summed E-state index contributed by atoms with van der Waals surface area (Å²) in [5, 5.41) is 0. The summed E-state index contributed by atoms with van der Waals surface area (Å²) in [6.45, 7) is -0.161. The van der Waals surface area contributed by atoms with Crippen molar-refractivity contribution in [1.82, 2.24) is 9.55 Å². The lowest BCUT2D eigenvalue weighted by Gasteiger charge is -2.01. The van der Waals surface area contributed by atoms with Crippen LogP contribution in [-0.4, -0.2) is 16.7 Å². The van der Waals surface area contributed by atoms with Gasteiger partial charge in [-0.1, -0.05) is 0 Å². The zero-order chi connectivity index (χ0) is 9.14. The second kappa shape index (κ2) is 3.22. The normalized spacial score (nSPS) is 9.83. The Bertz CT molecular complexity index is 378. The van der Waals surface area contributed by atoms with E-state index in [0.29, 0.717) is 0 Å². The van der Waals surface area contributed by atoms with E-state index in [1.165, 1.54) is 13.3 Å². The van der Waals surface area contributed by atoms with E-state index >= 15 is 0 Å². The Labute approximate surface area is 67.6 Å². The minimum absolute atomic E-state index is 0.0695. The van der Waals surface area contributed by atoms with Crippen LogP contribution in [0.25, 0.3) is 0 Å².